The summed E-state index contributed by atoms with van der Waals surface area (Å²) >= 11 is 0. The van der Waals surface area contributed by atoms with Gasteiger partial charge < -0.3 is 0 Å². The second kappa shape index (κ2) is 3.21. The second-order valence-electron chi connectivity index (χ2n) is 2.71. The fourth-order valence-corrected chi connectivity index (χ4v) is 1.12. The van der Waals surface area contributed by atoms with Crippen LogP contribution >= 0.6 is 0 Å². The first-order valence-corrected chi connectivity index (χ1v) is 3.90. The zero-order valence-corrected chi connectivity index (χ0v) is 6.62. The molecule has 0 saturated carbocycles. The summed E-state index contributed by atoms with van der Waals surface area (Å²) in [5.41, 5.74) is 2.47. The van der Waals surface area contributed by atoms with E-state index in [-0.39, 0.29) is 0 Å². The fourth-order valence-electron chi connectivity index (χ4n) is 1.12. The number of nitrogens with one attached hydrogen (secondary N) is 2. The molecule has 2 aromatic heterocycles. The molecule has 0 unspecified atom stereocenters. The second-order valence-corrected chi connectivity index (χ2v) is 2.71. The molecule has 0 fully saturated rings. The minimum Gasteiger partial charge on any atom is -0.285 e. The fraction of sp³-hybridized carbons (Fsp3) is 0.250. The zero-order chi connectivity index (χ0) is 8.23. The number of H-pyrrole nitrogens is 2. The van der Waals surface area contributed by atoms with Crippen molar-refractivity contribution in [3.63, 3.8) is 0 Å². The van der Waals surface area contributed by atoms with Crippen LogP contribution < -0.4 is 0 Å². The Morgan fingerprint density at radius 1 is 0.917 bits per heavy atom. The summed E-state index contributed by atoms with van der Waals surface area (Å²) in [5.74, 6) is 0. The van der Waals surface area contributed by atoms with Crippen LogP contribution in [0.2, 0.25) is 0 Å². The summed E-state index contributed by atoms with van der Waals surface area (Å²) < 4.78 is 0. The van der Waals surface area contributed by atoms with Gasteiger partial charge in [-0.3, -0.25) is 10.2 Å². The molecule has 0 radical (unpaired) electrons. The van der Waals surface area contributed by atoms with Crippen molar-refractivity contribution >= 4 is 0 Å². The smallest absolute Gasteiger partial charge is 0.0519 e. The molecule has 4 nitrogen and oxygen atoms in total. The van der Waals surface area contributed by atoms with Gasteiger partial charge in [0, 0.05) is 12.4 Å². The van der Waals surface area contributed by atoms with Crippen LogP contribution in [0.1, 0.15) is 11.1 Å². The van der Waals surface area contributed by atoms with Gasteiger partial charge in [0.1, 0.15) is 0 Å². The van der Waals surface area contributed by atoms with Crippen LogP contribution in [0.4, 0.5) is 0 Å². The Bertz CT molecular complexity index is 274. The molecule has 4 heteroatoms. The van der Waals surface area contributed by atoms with Gasteiger partial charge in [-0.1, -0.05) is 0 Å². The highest BCUT2D eigenvalue weighted by Gasteiger charge is 1.96. The van der Waals surface area contributed by atoms with Gasteiger partial charge in [-0.25, -0.2) is 0 Å². The largest absolute Gasteiger partial charge is 0.285 e. The first-order valence-electron chi connectivity index (χ1n) is 3.90. The van der Waals surface area contributed by atoms with Crippen molar-refractivity contribution in [1.82, 2.24) is 20.4 Å². The lowest BCUT2D eigenvalue weighted by Crippen LogP contribution is -1.86. The number of aromatic amines is 2. The minimum atomic E-state index is 1.01. The highest BCUT2D eigenvalue weighted by molar-refractivity contribution is 5.09. The van der Waals surface area contributed by atoms with E-state index in [1.165, 1.54) is 11.1 Å². The van der Waals surface area contributed by atoms with E-state index in [0.29, 0.717) is 0 Å². The van der Waals surface area contributed by atoms with Crippen molar-refractivity contribution in [2.75, 3.05) is 0 Å². The number of aromatic nitrogens is 4. The quantitative estimate of drug-likeness (QED) is 0.705. The Labute approximate surface area is 70.0 Å². The molecular formula is C8H10N4. The first kappa shape index (κ1) is 7.09. The van der Waals surface area contributed by atoms with Gasteiger partial charge in [0.25, 0.3) is 0 Å². The van der Waals surface area contributed by atoms with E-state index in [0.717, 1.165) is 12.8 Å². The Hall–Kier alpha value is -1.58. The van der Waals surface area contributed by atoms with E-state index in [2.05, 4.69) is 20.4 Å². The maximum Gasteiger partial charge on any atom is 0.0519 e. The molecule has 0 amide bonds. The average Bonchev–Trinajstić information content (AvgIpc) is 2.74. The SMILES string of the molecule is c1n[nH]cc1CCc1cn[nH]c1. The van der Waals surface area contributed by atoms with Gasteiger partial charge >= 0.3 is 0 Å². The molecule has 2 N–H and O–H groups in total. The minimum absolute atomic E-state index is 1.01. The van der Waals surface area contributed by atoms with Gasteiger partial charge in [0.15, 0.2) is 0 Å². The van der Waals surface area contributed by atoms with Crippen molar-refractivity contribution < 1.29 is 0 Å². The van der Waals surface area contributed by atoms with E-state index < -0.39 is 0 Å². The molecule has 0 aromatic carbocycles. The third kappa shape index (κ3) is 1.53. The van der Waals surface area contributed by atoms with Gasteiger partial charge in [-0.2, -0.15) is 10.2 Å². The molecule has 0 aliphatic heterocycles. The molecule has 2 aromatic rings. The van der Waals surface area contributed by atoms with E-state index in [1.54, 1.807) is 0 Å². The molecule has 2 heterocycles. The Kier molecular flexibility index (Phi) is 1.90. The summed E-state index contributed by atoms with van der Waals surface area (Å²) in [6.45, 7) is 0. The lowest BCUT2D eigenvalue weighted by atomic mass is 10.1. The van der Waals surface area contributed by atoms with E-state index in [9.17, 15) is 0 Å². The number of nitrogens with zero attached hydrogens (tertiary/aromatic N) is 2. The van der Waals surface area contributed by atoms with Gasteiger partial charge in [0.05, 0.1) is 12.4 Å². The van der Waals surface area contributed by atoms with Gasteiger partial charge in [-0.15, -0.1) is 0 Å². The lowest BCUT2D eigenvalue weighted by molar-refractivity contribution is 0.963. The summed E-state index contributed by atoms with van der Waals surface area (Å²) in [6, 6.07) is 0. The van der Waals surface area contributed by atoms with Crippen molar-refractivity contribution in [2.24, 2.45) is 0 Å². The van der Waals surface area contributed by atoms with E-state index in [4.69, 9.17) is 0 Å². The summed E-state index contributed by atoms with van der Waals surface area (Å²) in [7, 11) is 0. The van der Waals surface area contributed by atoms with Crippen molar-refractivity contribution in [1.29, 1.82) is 0 Å². The van der Waals surface area contributed by atoms with Crippen LogP contribution in [0.5, 0.6) is 0 Å². The van der Waals surface area contributed by atoms with Crippen LogP contribution in [0.3, 0.4) is 0 Å². The van der Waals surface area contributed by atoms with Crippen LogP contribution in [-0.2, 0) is 12.8 Å². The Balaban J connectivity index is 1.91. The van der Waals surface area contributed by atoms with Crippen molar-refractivity contribution in [3.8, 4) is 0 Å². The summed E-state index contributed by atoms with van der Waals surface area (Å²) in [5, 5.41) is 13.3. The molecule has 12 heavy (non-hydrogen) atoms. The molecular weight excluding hydrogens is 152 g/mol. The molecule has 0 atom stereocenters. The third-order valence-corrected chi connectivity index (χ3v) is 1.81. The molecule has 0 saturated heterocycles. The lowest BCUT2D eigenvalue weighted by Gasteiger charge is -1.92. The number of rotatable bonds is 3. The average molecular weight is 162 g/mol. The number of hydrogen-bond acceptors (Lipinski definition) is 2. The maximum atomic E-state index is 3.87. The summed E-state index contributed by atoms with van der Waals surface area (Å²) in [6.07, 6.45) is 9.55. The first-order chi connectivity index (χ1) is 5.95. The predicted molar refractivity (Wildman–Crippen MR) is 44.6 cm³/mol. The molecule has 0 aliphatic rings. The zero-order valence-electron chi connectivity index (χ0n) is 6.62. The van der Waals surface area contributed by atoms with Crippen molar-refractivity contribution in [3.05, 3.63) is 35.9 Å². The van der Waals surface area contributed by atoms with Gasteiger partial charge in [-0.05, 0) is 24.0 Å². The highest BCUT2D eigenvalue weighted by Crippen LogP contribution is 2.02. The number of aryl methyl sites for hydroxylation is 2. The monoisotopic (exact) mass is 162 g/mol. The van der Waals surface area contributed by atoms with E-state index in [1.807, 2.05) is 24.8 Å². The van der Waals surface area contributed by atoms with E-state index >= 15 is 0 Å². The number of hydrogen-bond donors (Lipinski definition) is 2. The van der Waals surface area contributed by atoms with Gasteiger partial charge in [0.2, 0.25) is 0 Å². The van der Waals surface area contributed by atoms with Crippen LogP contribution in [0, 0.1) is 0 Å². The third-order valence-electron chi connectivity index (χ3n) is 1.81. The predicted octanol–water partition coefficient (Wildman–Crippen LogP) is 0.918. The molecule has 0 spiro atoms. The molecule has 2 rings (SSSR count). The highest BCUT2D eigenvalue weighted by atomic mass is 15.1. The Morgan fingerprint density at radius 3 is 1.75 bits per heavy atom. The van der Waals surface area contributed by atoms with Crippen molar-refractivity contribution in [2.45, 2.75) is 12.8 Å². The molecule has 62 valence electrons. The topological polar surface area (TPSA) is 57.4 Å². The standard InChI is InChI=1S/C8H10N4/c1(7-3-9-10-4-7)2-8-5-11-12-6-8/h3-6H,1-2H2,(H,9,10)(H,11,12). The summed E-state index contributed by atoms with van der Waals surface area (Å²) in [4.78, 5) is 0. The molecule has 0 bridgehead atoms. The Morgan fingerprint density at radius 2 is 1.42 bits per heavy atom. The maximum absolute atomic E-state index is 3.87. The van der Waals surface area contributed by atoms with Crippen LogP contribution in [-0.4, -0.2) is 20.4 Å². The molecule has 0 aliphatic carbocycles. The van der Waals surface area contributed by atoms with Crippen LogP contribution in [0.15, 0.2) is 24.8 Å². The normalized spacial score (nSPS) is 10.3. The van der Waals surface area contributed by atoms with Crippen LogP contribution in [0.25, 0.3) is 0 Å².